The van der Waals surface area contributed by atoms with Crippen molar-refractivity contribution in [1.29, 1.82) is 5.26 Å². The number of piperidine rings is 1. The molecular formula is C15H18N2O3S. The fraction of sp³-hybridized carbons (Fsp3) is 0.533. The average molecular weight is 306 g/mol. The lowest BCUT2D eigenvalue weighted by molar-refractivity contribution is 0.0534. The van der Waals surface area contributed by atoms with Gasteiger partial charge in [0, 0.05) is 13.1 Å². The minimum Gasteiger partial charge on any atom is -0.390 e. The lowest BCUT2D eigenvalue weighted by atomic mass is 9.90. The van der Waals surface area contributed by atoms with E-state index in [0.717, 1.165) is 12.8 Å². The molecule has 1 N–H and O–H groups in total. The van der Waals surface area contributed by atoms with Crippen LogP contribution < -0.4 is 0 Å². The van der Waals surface area contributed by atoms with Gasteiger partial charge in [-0.25, -0.2) is 8.42 Å². The van der Waals surface area contributed by atoms with Crippen molar-refractivity contribution >= 4 is 10.0 Å². The van der Waals surface area contributed by atoms with E-state index < -0.39 is 15.6 Å². The maximum atomic E-state index is 12.7. The summed E-state index contributed by atoms with van der Waals surface area (Å²) in [7, 11) is -3.62. The highest BCUT2D eigenvalue weighted by Crippen LogP contribution is 2.46. The maximum Gasteiger partial charge on any atom is 0.244 e. The van der Waals surface area contributed by atoms with Crippen molar-refractivity contribution in [2.24, 2.45) is 5.92 Å². The first-order chi connectivity index (χ1) is 9.97. The minimum absolute atomic E-state index is 0.0797. The van der Waals surface area contributed by atoms with Crippen LogP contribution in [0.5, 0.6) is 0 Å². The van der Waals surface area contributed by atoms with Gasteiger partial charge in [0.05, 0.1) is 16.1 Å². The molecule has 0 unspecified atom stereocenters. The number of aliphatic hydroxyl groups is 1. The monoisotopic (exact) mass is 306 g/mol. The molecule has 0 aromatic heterocycles. The summed E-state index contributed by atoms with van der Waals surface area (Å²) in [5, 5.41) is 19.2. The number of hydrogen-bond acceptors (Lipinski definition) is 4. The summed E-state index contributed by atoms with van der Waals surface area (Å²) in [6.07, 6.45) is 3.04. The van der Waals surface area contributed by atoms with E-state index in [1.54, 1.807) is 12.1 Å². The van der Waals surface area contributed by atoms with Gasteiger partial charge in [-0.3, -0.25) is 0 Å². The smallest absolute Gasteiger partial charge is 0.244 e. The van der Waals surface area contributed by atoms with Crippen LogP contribution >= 0.6 is 0 Å². The largest absolute Gasteiger partial charge is 0.390 e. The number of rotatable bonds is 3. The second-order valence-corrected chi connectivity index (χ2v) is 7.80. The summed E-state index contributed by atoms with van der Waals surface area (Å²) in [5.74, 6) is 0.204. The van der Waals surface area contributed by atoms with Gasteiger partial charge in [-0.15, -0.1) is 0 Å². The van der Waals surface area contributed by atoms with Gasteiger partial charge in [0.1, 0.15) is 6.07 Å². The molecule has 1 saturated carbocycles. The Bertz CT molecular complexity index is 681. The SMILES string of the molecule is N#Cc1ccccc1S(=O)(=O)N1CCC(C2(O)CC2)CC1. The molecule has 5 nitrogen and oxygen atoms in total. The van der Waals surface area contributed by atoms with Gasteiger partial charge in [-0.1, -0.05) is 12.1 Å². The number of sulfonamides is 1. The second kappa shape index (κ2) is 5.09. The first kappa shape index (κ1) is 14.5. The molecule has 2 fully saturated rings. The van der Waals surface area contributed by atoms with E-state index in [1.165, 1.54) is 16.4 Å². The average Bonchev–Trinajstić information content (AvgIpc) is 3.26. The van der Waals surface area contributed by atoms with Gasteiger partial charge in [-0.2, -0.15) is 9.57 Å². The molecule has 0 radical (unpaired) electrons. The molecule has 3 rings (SSSR count). The number of hydrogen-bond donors (Lipinski definition) is 1. The Morgan fingerprint density at radius 3 is 2.43 bits per heavy atom. The van der Waals surface area contributed by atoms with E-state index in [4.69, 9.17) is 5.26 Å². The highest BCUT2D eigenvalue weighted by molar-refractivity contribution is 7.89. The van der Waals surface area contributed by atoms with E-state index in [-0.39, 0.29) is 16.4 Å². The van der Waals surface area contributed by atoms with Gasteiger partial charge in [-0.05, 0) is 43.7 Å². The zero-order valence-corrected chi connectivity index (χ0v) is 12.5. The summed E-state index contributed by atoms with van der Waals surface area (Å²) in [6, 6.07) is 8.23. The maximum absolute atomic E-state index is 12.7. The molecule has 0 amide bonds. The zero-order valence-electron chi connectivity index (χ0n) is 11.7. The molecule has 6 heteroatoms. The van der Waals surface area contributed by atoms with Crippen LogP contribution in [0.3, 0.4) is 0 Å². The number of nitrogens with zero attached hydrogens (tertiary/aromatic N) is 2. The van der Waals surface area contributed by atoms with Crippen molar-refractivity contribution < 1.29 is 13.5 Å². The van der Waals surface area contributed by atoms with Crippen molar-refractivity contribution in [2.45, 2.75) is 36.2 Å². The summed E-state index contributed by atoms with van der Waals surface area (Å²) >= 11 is 0. The Kier molecular flexibility index (Phi) is 3.52. The van der Waals surface area contributed by atoms with Gasteiger partial charge in [0.25, 0.3) is 0 Å². The second-order valence-electron chi connectivity index (χ2n) is 5.89. The van der Waals surface area contributed by atoms with Crippen LogP contribution in [0.15, 0.2) is 29.2 Å². The Morgan fingerprint density at radius 1 is 1.24 bits per heavy atom. The topological polar surface area (TPSA) is 81.4 Å². The fourth-order valence-corrected chi connectivity index (χ4v) is 4.70. The molecule has 1 aromatic carbocycles. The first-order valence-electron chi connectivity index (χ1n) is 7.19. The van der Waals surface area contributed by atoms with Gasteiger partial charge < -0.3 is 5.11 Å². The molecule has 0 atom stereocenters. The predicted octanol–water partition coefficient (Wildman–Crippen LogP) is 1.48. The Hall–Kier alpha value is -1.42. The van der Waals surface area contributed by atoms with Crippen LogP contribution in [0.25, 0.3) is 0 Å². The minimum atomic E-state index is -3.62. The van der Waals surface area contributed by atoms with Crippen LogP contribution in [0.1, 0.15) is 31.2 Å². The third-order valence-corrected chi connectivity index (χ3v) is 6.56. The van der Waals surface area contributed by atoms with E-state index in [2.05, 4.69) is 0 Å². The summed E-state index contributed by atoms with van der Waals surface area (Å²) < 4.78 is 26.7. The third-order valence-electron chi connectivity index (χ3n) is 4.60. The Balaban J connectivity index is 1.79. The predicted molar refractivity (Wildman–Crippen MR) is 76.8 cm³/mol. The van der Waals surface area contributed by atoms with Gasteiger partial charge in [0.15, 0.2) is 0 Å². The molecule has 1 aromatic rings. The Labute approximate surface area is 124 Å². The van der Waals surface area contributed by atoms with Crippen molar-refractivity contribution in [3.8, 4) is 6.07 Å². The standard InChI is InChI=1S/C15H18N2O3S/c16-11-12-3-1-2-4-14(12)21(19,20)17-9-5-13(6-10-17)15(18)7-8-15/h1-4,13,18H,5-10H2. The molecule has 21 heavy (non-hydrogen) atoms. The van der Waals surface area contributed by atoms with Crippen molar-refractivity contribution in [3.05, 3.63) is 29.8 Å². The van der Waals surface area contributed by atoms with Gasteiger partial charge in [0.2, 0.25) is 10.0 Å². The number of nitriles is 1. The molecule has 112 valence electrons. The summed E-state index contributed by atoms with van der Waals surface area (Å²) in [5.41, 5.74) is -0.360. The van der Waals surface area contributed by atoms with E-state index in [1.807, 2.05) is 6.07 Å². The van der Waals surface area contributed by atoms with Crippen LogP contribution in [0, 0.1) is 17.2 Å². The van der Waals surface area contributed by atoms with Crippen molar-refractivity contribution in [3.63, 3.8) is 0 Å². The first-order valence-corrected chi connectivity index (χ1v) is 8.63. The fourth-order valence-electron chi connectivity index (χ4n) is 3.09. The Morgan fingerprint density at radius 2 is 1.86 bits per heavy atom. The van der Waals surface area contributed by atoms with Crippen LogP contribution in [0.2, 0.25) is 0 Å². The molecule has 1 aliphatic carbocycles. The molecule has 0 spiro atoms. The lowest BCUT2D eigenvalue weighted by Gasteiger charge is -2.33. The highest BCUT2D eigenvalue weighted by atomic mass is 32.2. The number of benzene rings is 1. The molecule has 1 saturated heterocycles. The van der Waals surface area contributed by atoms with E-state index >= 15 is 0 Å². The summed E-state index contributed by atoms with van der Waals surface area (Å²) in [4.78, 5) is 0.0797. The quantitative estimate of drug-likeness (QED) is 0.917. The molecule has 0 bridgehead atoms. The molecular weight excluding hydrogens is 288 g/mol. The summed E-state index contributed by atoms with van der Waals surface area (Å²) in [6.45, 7) is 0.824. The van der Waals surface area contributed by atoms with Crippen LogP contribution in [-0.4, -0.2) is 36.5 Å². The highest BCUT2D eigenvalue weighted by Gasteiger charge is 2.49. The third kappa shape index (κ3) is 2.57. The zero-order chi connectivity index (χ0) is 15.1. The normalized spacial score (nSPS) is 22.7. The molecule has 2 aliphatic rings. The van der Waals surface area contributed by atoms with Crippen LogP contribution in [0.4, 0.5) is 0 Å². The van der Waals surface area contributed by atoms with E-state index in [9.17, 15) is 13.5 Å². The molecule has 1 heterocycles. The lowest BCUT2D eigenvalue weighted by Crippen LogP contribution is -2.42. The van der Waals surface area contributed by atoms with Crippen LogP contribution in [-0.2, 0) is 10.0 Å². The van der Waals surface area contributed by atoms with Crippen molar-refractivity contribution in [1.82, 2.24) is 4.31 Å². The van der Waals surface area contributed by atoms with Gasteiger partial charge >= 0.3 is 0 Å². The van der Waals surface area contributed by atoms with E-state index in [0.29, 0.717) is 25.9 Å². The molecule has 1 aliphatic heterocycles. The van der Waals surface area contributed by atoms with Crippen molar-refractivity contribution in [2.75, 3.05) is 13.1 Å².